The van der Waals surface area contributed by atoms with Crippen LogP contribution in [0.1, 0.15) is 11.5 Å². The van der Waals surface area contributed by atoms with Gasteiger partial charge in [0.2, 0.25) is 5.89 Å². The van der Waals surface area contributed by atoms with E-state index in [2.05, 4.69) is 20.8 Å². The van der Waals surface area contributed by atoms with Crippen molar-refractivity contribution in [3.05, 3.63) is 35.5 Å². The van der Waals surface area contributed by atoms with Crippen LogP contribution < -0.4 is 10.6 Å². The molecule has 0 aliphatic rings. The van der Waals surface area contributed by atoms with Gasteiger partial charge in [0.1, 0.15) is 5.82 Å². The van der Waals surface area contributed by atoms with E-state index < -0.39 is 17.6 Å². The fraction of sp³-hybridized carbons (Fsp3) is 0.273. The molecule has 1 aromatic carbocycles. The normalized spacial score (nSPS) is 11.7. The number of aromatic nitrogens is 2. The number of hydrogen-bond donors (Lipinski definition) is 2. The van der Waals surface area contributed by atoms with Gasteiger partial charge < -0.3 is 15.1 Å². The van der Waals surface area contributed by atoms with E-state index in [1.165, 1.54) is 0 Å². The van der Waals surface area contributed by atoms with Crippen LogP contribution >= 0.6 is 0 Å². The summed E-state index contributed by atoms with van der Waals surface area (Å²) in [4.78, 5) is 0. The molecule has 0 fully saturated rings. The van der Waals surface area contributed by atoms with Crippen molar-refractivity contribution in [3.63, 3.8) is 0 Å². The summed E-state index contributed by atoms with van der Waals surface area (Å²) in [6.07, 6.45) is -4.77. The van der Waals surface area contributed by atoms with E-state index in [0.717, 1.165) is 12.1 Å². The summed E-state index contributed by atoms with van der Waals surface area (Å²) in [5.74, 6) is -1.07. The van der Waals surface area contributed by atoms with Crippen molar-refractivity contribution in [3.8, 4) is 0 Å². The van der Waals surface area contributed by atoms with Crippen LogP contribution in [0, 0.1) is 5.82 Å². The molecule has 1 heterocycles. The van der Waals surface area contributed by atoms with E-state index in [1.54, 1.807) is 7.05 Å². The van der Waals surface area contributed by atoms with E-state index >= 15 is 0 Å². The van der Waals surface area contributed by atoms with Gasteiger partial charge in [0, 0.05) is 5.69 Å². The minimum absolute atomic E-state index is 0.00150. The fourth-order valence-electron chi connectivity index (χ4n) is 1.47. The number of anilines is 2. The molecule has 9 heteroatoms. The fourth-order valence-corrected chi connectivity index (χ4v) is 1.47. The highest BCUT2D eigenvalue weighted by Gasteiger charge is 2.34. The second kappa shape index (κ2) is 5.45. The molecule has 0 aliphatic heterocycles. The average Bonchev–Trinajstić information content (AvgIpc) is 2.78. The lowest BCUT2D eigenvalue weighted by Gasteiger charge is -2.09. The largest absolute Gasteiger partial charge is 0.419 e. The van der Waals surface area contributed by atoms with Crippen molar-refractivity contribution in [2.45, 2.75) is 12.7 Å². The topological polar surface area (TPSA) is 63.0 Å². The summed E-state index contributed by atoms with van der Waals surface area (Å²) < 4.78 is 55.8. The van der Waals surface area contributed by atoms with Crippen LogP contribution in [0.3, 0.4) is 0 Å². The Kier molecular flexibility index (Phi) is 3.89. The minimum atomic E-state index is -4.77. The summed E-state index contributed by atoms with van der Waals surface area (Å²) in [7, 11) is 1.67. The number of rotatable bonds is 4. The lowest BCUT2D eigenvalue weighted by molar-refractivity contribution is -0.139. The molecule has 2 N–H and O–H groups in total. The molecule has 2 aromatic rings. The highest BCUT2D eigenvalue weighted by atomic mass is 19.4. The van der Waals surface area contributed by atoms with Gasteiger partial charge in [-0.05, 0) is 25.2 Å². The number of nitrogens with zero attached hydrogens (tertiary/aromatic N) is 2. The van der Waals surface area contributed by atoms with Crippen molar-refractivity contribution < 1.29 is 22.0 Å². The number of halogens is 4. The molecule has 0 unspecified atom stereocenters. The summed E-state index contributed by atoms with van der Waals surface area (Å²) >= 11 is 0. The Morgan fingerprint density at radius 1 is 1.25 bits per heavy atom. The van der Waals surface area contributed by atoms with Crippen molar-refractivity contribution >= 4 is 11.7 Å². The van der Waals surface area contributed by atoms with Gasteiger partial charge in [0.05, 0.1) is 12.1 Å². The average molecular weight is 290 g/mol. The number of alkyl halides is 3. The van der Waals surface area contributed by atoms with E-state index in [1.807, 2.05) is 0 Å². The standard InChI is InChI=1S/C11H10F4N4O/c1-16-5-9-18-19-10(20-9)17-6-2-3-8(12)7(4-6)11(13,14)15/h2-4,16H,5H2,1H3,(H,17,19). The van der Waals surface area contributed by atoms with E-state index in [0.29, 0.717) is 12.6 Å². The number of nitrogens with one attached hydrogen (secondary N) is 2. The molecule has 0 atom stereocenters. The first kappa shape index (κ1) is 14.3. The zero-order valence-electron chi connectivity index (χ0n) is 10.3. The molecular weight excluding hydrogens is 280 g/mol. The first-order chi connectivity index (χ1) is 9.40. The quantitative estimate of drug-likeness (QED) is 0.848. The molecule has 2 rings (SSSR count). The molecular formula is C11H10F4N4O. The first-order valence-corrected chi connectivity index (χ1v) is 5.51. The van der Waals surface area contributed by atoms with Crippen LogP contribution in [-0.2, 0) is 12.7 Å². The van der Waals surface area contributed by atoms with Crippen molar-refractivity contribution in [1.82, 2.24) is 15.5 Å². The highest BCUT2D eigenvalue weighted by Crippen LogP contribution is 2.33. The number of hydrogen-bond acceptors (Lipinski definition) is 5. The molecule has 20 heavy (non-hydrogen) atoms. The van der Waals surface area contributed by atoms with Crippen LogP contribution in [0.5, 0.6) is 0 Å². The monoisotopic (exact) mass is 290 g/mol. The van der Waals surface area contributed by atoms with E-state index in [4.69, 9.17) is 4.42 Å². The Labute approximate surface area is 111 Å². The summed E-state index contributed by atoms with van der Waals surface area (Å²) in [5.41, 5.74) is -1.36. The van der Waals surface area contributed by atoms with Crippen LogP contribution in [-0.4, -0.2) is 17.2 Å². The Morgan fingerprint density at radius 3 is 2.65 bits per heavy atom. The van der Waals surface area contributed by atoms with Crippen LogP contribution in [0.15, 0.2) is 22.6 Å². The molecule has 0 amide bonds. The van der Waals surface area contributed by atoms with Gasteiger partial charge in [-0.1, -0.05) is 5.10 Å². The molecule has 0 bridgehead atoms. The van der Waals surface area contributed by atoms with Crippen LogP contribution in [0.2, 0.25) is 0 Å². The van der Waals surface area contributed by atoms with E-state index in [-0.39, 0.29) is 17.6 Å². The Morgan fingerprint density at radius 2 is 2.00 bits per heavy atom. The maximum atomic E-state index is 13.1. The molecule has 5 nitrogen and oxygen atoms in total. The summed E-state index contributed by atoms with van der Waals surface area (Å²) in [6, 6.07) is 2.43. The third-order valence-electron chi connectivity index (χ3n) is 2.32. The van der Waals surface area contributed by atoms with Crippen molar-refractivity contribution in [2.24, 2.45) is 0 Å². The van der Waals surface area contributed by atoms with Gasteiger partial charge in [-0.25, -0.2) is 4.39 Å². The highest BCUT2D eigenvalue weighted by molar-refractivity contribution is 5.53. The first-order valence-electron chi connectivity index (χ1n) is 5.51. The van der Waals surface area contributed by atoms with Gasteiger partial charge in [-0.15, -0.1) is 5.10 Å². The van der Waals surface area contributed by atoms with Gasteiger partial charge in [0.25, 0.3) is 0 Å². The number of benzene rings is 1. The molecule has 0 saturated heterocycles. The SMILES string of the molecule is CNCc1nnc(Nc2ccc(F)c(C(F)(F)F)c2)o1. The van der Waals surface area contributed by atoms with Gasteiger partial charge in [-0.3, -0.25) is 0 Å². The van der Waals surface area contributed by atoms with Gasteiger partial charge in [-0.2, -0.15) is 13.2 Å². The lowest BCUT2D eigenvalue weighted by atomic mass is 10.2. The molecule has 0 aliphatic carbocycles. The third kappa shape index (κ3) is 3.23. The van der Waals surface area contributed by atoms with Crippen LogP contribution in [0.25, 0.3) is 0 Å². The smallest absolute Gasteiger partial charge is 0.406 e. The Hall–Kier alpha value is -2.16. The Bertz CT molecular complexity index is 596. The maximum Gasteiger partial charge on any atom is 0.419 e. The van der Waals surface area contributed by atoms with Gasteiger partial charge >= 0.3 is 12.2 Å². The predicted molar refractivity (Wildman–Crippen MR) is 61.7 cm³/mol. The molecule has 1 aromatic heterocycles. The second-order valence-corrected chi connectivity index (χ2v) is 3.85. The van der Waals surface area contributed by atoms with Gasteiger partial charge in [0.15, 0.2) is 0 Å². The zero-order chi connectivity index (χ0) is 14.8. The molecule has 0 spiro atoms. The van der Waals surface area contributed by atoms with Crippen LogP contribution in [0.4, 0.5) is 29.3 Å². The molecule has 0 radical (unpaired) electrons. The second-order valence-electron chi connectivity index (χ2n) is 3.85. The van der Waals surface area contributed by atoms with Crippen molar-refractivity contribution in [2.75, 3.05) is 12.4 Å². The van der Waals surface area contributed by atoms with E-state index in [9.17, 15) is 17.6 Å². The minimum Gasteiger partial charge on any atom is -0.406 e. The third-order valence-corrected chi connectivity index (χ3v) is 2.32. The maximum absolute atomic E-state index is 13.1. The Balaban J connectivity index is 2.21. The molecule has 108 valence electrons. The summed E-state index contributed by atoms with van der Waals surface area (Å²) in [5, 5.41) is 12.5. The summed E-state index contributed by atoms with van der Waals surface area (Å²) in [6.45, 7) is 0.325. The lowest BCUT2D eigenvalue weighted by Crippen LogP contribution is -2.08. The zero-order valence-corrected chi connectivity index (χ0v) is 10.3. The predicted octanol–water partition coefficient (Wildman–Crippen LogP) is 2.69. The molecule has 0 saturated carbocycles. The van der Waals surface area contributed by atoms with Crippen molar-refractivity contribution in [1.29, 1.82) is 0 Å².